The molecule has 4 heterocycles. The molecule has 0 atom stereocenters. The molecule has 0 spiro atoms. The smallest absolute Gasteiger partial charge is 0.223 e. The first kappa shape index (κ1) is 20.1. The molecule has 0 amide bonds. The van der Waals surface area contributed by atoms with Gasteiger partial charge in [0.15, 0.2) is 0 Å². The minimum Gasteiger partial charge on any atom is -0.497 e. The summed E-state index contributed by atoms with van der Waals surface area (Å²) in [6, 6.07) is 11.7. The Labute approximate surface area is 192 Å². The third-order valence-electron chi connectivity index (χ3n) is 5.63. The van der Waals surface area contributed by atoms with Gasteiger partial charge in [-0.2, -0.15) is 4.98 Å². The van der Waals surface area contributed by atoms with Gasteiger partial charge in [0.25, 0.3) is 0 Å². The zero-order chi connectivity index (χ0) is 23.2. The number of aromatic nitrogens is 7. The van der Waals surface area contributed by atoms with E-state index in [1.807, 2.05) is 22.8 Å². The van der Waals surface area contributed by atoms with Gasteiger partial charge in [0, 0.05) is 25.5 Å². The van der Waals surface area contributed by atoms with E-state index in [9.17, 15) is 4.39 Å². The van der Waals surface area contributed by atoms with Crippen LogP contribution in [0.15, 0.2) is 53.3 Å². The van der Waals surface area contributed by atoms with Gasteiger partial charge >= 0.3 is 0 Å². The molecular formula is C23H18FN7O3. The molecule has 0 aliphatic carbocycles. The van der Waals surface area contributed by atoms with Crippen LogP contribution in [-0.2, 0) is 13.0 Å². The fourth-order valence-electron chi connectivity index (χ4n) is 4.02. The minimum atomic E-state index is -0.371. The molecule has 34 heavy (non-hydrogen) atoms. The average Bonchev–Trinajstić information content (AvgIpc) is 3.54. The summed E-state index contributed by atoms with van der Waals surface area (Å²) >= 11 is 0. The zero-order valence-electron chi connectivity index (χ0n) is 18.3. The molecular weight excluding hydrogens is 441 g/mol. The van der Waals surface area contributed by atoms with Crippen molar-refractivity contribution in [3.63, 3.8) is 0 Å². The highest BCUT2D eigenvalue weighted by Gasteiger charge is 2.28. The van der Waals surface area contributed by atoms with E-state index >= 15 is 0 Å². The highest BCUT2D eigenvalue weighted by molar-refractivity contribution is 5.63. The molecule has 0 bridgehead atoms. The van der Waals surface area contributed by atoms with E-state index < -0.39 is 0 Å². The lowest BCUT2D eigenvalue weighted by atomic mass is 10.1. The van der Waals surface area contributed by atoms with Crippen LogP contribution in [0.1, 0.15) is 23.0 Å². The van der Waals surface area contributed by atoms with Crippen molar-refractivity contribution in [3.05, 3.63) is 77.6 Å². The van der Waals surface area contributed by atoms with Crippen molar-refractivity contribution in [2.75, 3.05) is 7.11 Å². The van der Waals surface area contributed by atoms with Crippen molar-refractivity contribution in [3.8, 4) is 34.4 Å². The van der Waals surface area contributed by atoms with E-state index in [2.05, 4.69) is 25.4 Å². The van der Waals surface area contributed by atoms with Crippen molar-refractivity contribution in [2.45, 2.75) is 20.0 Å². The second kappa shape index (κ2) is 7.80. The molecule has 3 aromatic heterocycles. The molecule has 0 unspecified atom stereocenters. The van der Waals surface area contributed by atoms with Gasteiger partial charge in [-0.1, -0.05) is 16.4 Å². The largest absolute Gasteiger partial charge is 0.497 e. The number of halogens is 1. The molecule has 1 aliphatic rings. The Morgan fingerprint density at radius 2 is 2.00 bits per heavy atom. The lowest BCUT2D eigenvalue weighted by Gasteiger charge is -2.11. The maximum atomic E-state index is 13.6. The number of benzene rings is 2. The summed E-state index contributed by atoms with van der Waals surface area (Å²) in [6.45, 7) is 1.84. The summed E-state index contributed by atoms with van der Waals surface area (Å²) in [6.07, 6.45) is 2.15. The quantitative estimate of drug-likeness (QED) is 0.386. The van der Waals surface area contributed by atoms with Gasteiger partial charge in [0.2, 0.25) is 11.7 Å². The molecule has 6 rings (SSSR count). The summed E-state index contributed by atoms with van der Waals surface area (Å²) in [5.74, 6) is 1.57. The number of hydrogen-bond acceptors (Lipinski definition) is 8. The molecule has 2 aromatic carbocycles. The van der Waals surface area contributed by atoms with Gasteiger partial charge in [-0.3, -0.25) is 4.57 Å². The van der Waals surface area contributed by atoms with Crippen LogP contribution in [0.25, 0.3) is 22.9 Å². The molecule has 5 aromatic rings. The van der Waals surface area contributed by atoms with Crippen LogP contribution in [0, 0.1) is 12.7 Å². The van der Waals surface area contributed by atoms with Crippen LogP contribution < -0.4 is 9.47 Å². The lowest BCUT2D eigenvalue weighted by molar-refractivity contribution is 0.298. The van der Waals surface area contributed by atoms with Gasteiger partial charge in [-0.25, -0.2) is 14.1 Å². The van der Waals surface area contributed by atoms with E-state index in [1.54, 1.807) is 37.2 Å². The molecule has 0 saturated heterocycles. The topological polar surface area (TPSA) is 106 Å². The first-order valence-electron chi connectivity index (χ1n) is 10.5. The van der Waals surface area contributed by atoms with Crippen LogP contribution in [0.3, 0.4) is 0 Å². The van der Waals surface area contributed by atoms with Crippen LogP contribution in [0.4, 0.5) is 4.39 Å². The second-order valence-corrected chi connectivity index (χ2v) is 7.72. The fourth-order valence-corrected chi connectivity index (χ4v) is 4.02. The minimum absolute atomic E-state index is 0.114. The number of nitrogens with zero attached hydrogens (tertiary/aromatic N) is 7. The van der Waals surface area contributed by atoms with Crippen molar-refractivity contribution >= 4 is 0 Å². The predicted molar refractivity (Wildman–Crippen MR) is 117 cm³/mol. The van der Waals surface area contributed by atoms with Crippen LogP contribution in [-0.4, -0.2) is 41.8 Å². The van der Waals surface area contributed by atoms with E-state index in [4.69, 9.17) is 14.0 Å². The molecule has 11 heteroatoms. The van der Waals surface area contributed by atoms with Gasteiger partial charge in [-0.05, 0) is 24.3 Å². The molecule has 0 saturated carbocycles. The number of ether oxygens (including phenoxy) is 2. The van der Waals surface area contributed by atoms with E-state index in [0.717, 1.165) is 22.8 Å². The Balaban J connectivity index is 1.48. The summed E-state index contributed by atoms with van der Waals surface area (Å²) < 4.78 is 33.8. The Morgan fingerprint density at radius 3 is 2.79 bits per heavy atom. The van der Waals surface area contributed by atoms with Crippen molar-refractivity contribution < 1.29 is 18.4 Å². The third-order valence-corrected chi connectivity index (χ3v) is 5.63. The van der Waals surface area contributed by atoms with Crippen LogP contribution in [0.5, 0.6) is 11.5 Å². The Bertz CT molecular complexity index is 1520. The van der Waals surface area contributed by atoms with Crippen LogP contribution in [0.2, 0.25) is 0 Å². The maximum absolute atomic E-state index is 13.6. The first-order valence-corrected chi connectivity index (χ1v) is 10.5. The zero-order valence-corrected chi connectivity index (χ0v) is 18.3. The molecule has 1 aliphatic heterocycles. The second-order valence-electron chi connectivity index (χ2n) is 7.72. The monoisotopic (exact) mass is 459 g/mol. The Hall–Kier alpha value is -4.54. The normalized spacial score (nSPS) is 12.0. The van der Waals surface area contributed by atoms with Gasteiger partial charge in [0.05, 0.1) is 29.9 Å². The molecule has 0 radical (unpaired) electrons. The van der Waals surface area contributed by atoms with E-state index in [0.29, 0.717) is 41.0 Å². The molecule has 0 fully saturated rings. The van der Waals surface area contributed by atoms with Crippen molar-refractivity contribution in [1.82, 2.24) is 34.7 Å². The van der Waals surface area contributed by atoms with Gasteiger partial charge < -0.3 is 14.0 Å². The van der Waals surface area contributed by atoms with Gasteiger partial charge in [0.1, 0.15) is 41.6 Å². The first-order chi connectivity index (χ1) is 16.6. The number of fused-ring (bicyclic) bond motifs is 5. The standard InChI is InChI=1S/C23H18FN7O3/c1-13-26-23(28-34-13)22-21-10-19-17(11-33-16-5-3-4-14(24)8-16)27-29-31(19)20-9-15(32-2)6-7-18(20)30(21)12-25-22/h3-9,12H,10-11H2,1-2H3. The summed E-state index contributed by atoms with van der Waals surface area (Å²) in [5.41, 5.74) is 4.47. The molecule has 0 N–H and O–H groups in total. The van der Waals surface area contributed by atoms with E-state index in [1.165, 1.54) is 12.1 Å². The average molecular weight is 459 g/mol. The van der Waals surface area contributed by atoms with Gasteiger partial charge in [-0.15, -0.1) is 5.10 Å². The summed E-state index contributed by atoms with van der Waals surface area (Å²) in [7, 11) is 1.61. The fraction of sp³-hybridized carbons (Fsp3) is 0.174. The van der Waals surface area contributed by atoms with Crippen molar-refractivity contribution in [1.29, 1.82) is 0 Å². The predicted octanol–water partition coefficient (Wildman–Crippen LogP) is 3.44. The maximum Gasteiger partial charge on any atom is 0.223 e. The number of hydrogen-bond donors (Lipinski definition) is 0. The molecule has 10 nitrogen and oxygen atoms in total. The number of aryl methyl sites for hydroxylation is 1. The number of rotatable bonds is 5. The Morgan fingerprint density at radius 1 is 1.09 bits per heavy atom. The van der Waals surface area contributed by atoms with Crippen molar-refractivity contribution in [2.24, 2.45) is 0 Å². The highest BCUT2D eigenvalue weighted by atomic mass is 19.1. The summed E-state index contributed by atoms with van der Waals surface area (Å²) in [4.78, 5) is 8.93. The van der Waals surface area contributed by atoms with E-state index in [-0.39, 0.29) is 12.4 Å². The number of imidazole rings is 1. The van der Waals surface area contributed by atoms with Crippen LogP contribution >= 0.6 is 0 Å². The highest BCUT2D eigenvalue weighted by Crippen LogP contribution is 2.34. The molecule has 170 valence electrons. The SMILES string of the molecule is COc1ccc2c(c1)-n1nnc(COc3cccc(F)c3)c1Cc1c(-c3noc(C)n3)ncn1-2. The summed E-state index contributed by atoms with van der Waals surface area (Å²) in [5, 5.41) is 12.8. The Kier molecular flexibility index (Phi) is 4.61. The lowest BCUT2D eigenvalue weighted by Crippen LogP contribution is -2.06. The number of methoxy groups -OCH3 is 1. The third kappa shape index (κ3) is 3.29.